The van der Waals surface area contributed by atoms with Gasteiger partial charge in [-0.1, -0.05) is 30.3 Å². The summed E-state index contributed by atoms with van der Waals surface area (Å²) in [7, 11) is 1.61. The fraction of sp³-hybridized carbons (Fsp3) is 0.478. The number of methoxy groups -OCH3 is 1. The second kappa shape index (κ2) is 6.68. The van der Waals surface area contributed by atoms with E-state index in [1.54, 1.807) is 7.11 Å². The summed E-state index contributed by atoms with van der Waals surface area (Å²) in [5.74, 6) is 1.27. The van der Waals surface area contributed by atoms with Crippen molar-refractivity contribution in [2.75, 3.05) is 20.2 Å². The number of carbonyl (C=O) groups excluding carboxylic acids is 1. The Morgan fingerprint density at radius 1 is 1.23 bits per heavy atom. The summed E-state index contributed by atoms with van der Waals surface area (Å²) in [6.07, 6.45) is 4.90. The minimum absolute atomic E-state index is 0.0459. The van der Waals surface area contributed by atoms with E-state index in [9.17, 15) is 4.79 Å². The average molecular weight is 408 g/mol. The smallest absolute Gasteiger partial charge is 0.265 e. The molecule has 2 saturated heterocycles. The molecule has 2 fully saturated rings. The highest BCUT2D eigenvalue weighted by molar-refractivity contribution is 6.09. The fourth-order valence-electron chi connectivity index (χ4n) is 5.66. The number of carbonyl (C=O) groups is 1. The molecule has 3 aliphatic heterocycles. The Kier molecular flexibility index (Phi) is 4.05. The highest BCUT2D eigenvalue weighted by Crippen LogP contribution is 2.60. The van der Waals surface area contributed by atoms with Crippen molar-refractivity contribution in [1.82, 2.24) is 10.1 Å². The van der Waals surface area contributed by atoms with Crippen molar-refractivity contribution < 1.29 is 23.5 Å². The number of rotatable bonds is 5. The minimum Gasteiger partial charge on any atom is -0.498 e. The average Bonchev–Trinajstić information content (AvgIpc) is 3.56. The summed E-state index contributed by atoms with van der Waals surface area (Å²) in [6, 6.07) is 9.75. The van der Waals surface area contributed by atoms with E-state index in [2.05, 4.69) is 10.1 Å². The molecule has 4 heterocycles. The number of ketones is 1. The lowest BCUT2D eigenvalue weighted by Crippen LogP contribution is -2.54. The van der Waals surface area contributed by atoms with Crippen LogP contribution in [0.1, 0.15) is 47.0 Å². The van der Waals surface area contributed by atoms with Crippen molar-refractivity contribution in [3.8, 4) is 5.88 Å². The number of likely N-dealkylation sites (tertiary alicyclic amines) is 1. The zero-order valence-electron chi connectivity index (χ0n) is 16.9. The first-order valence-electron chi connectivity index (χ1n) is 10.6. The third kappa shape index (κ3) is 2.39. The normalized spacial score (nSPS) is 32.1. The van der Waals surface area contributed by atoms with Crippen LogP contribution in [0.15, 0.2) is 46.7 Å². The van der Waals surface area contributed by atoms with Gasteiger partial charge >= 0.3 is 0 Å². The molecule has 156 valence electrons. The topological polar surface area (TPSA) is 74.0 Å². The van der Waals surface area contributed by atoms with Crippen LogP contribution in [-0.4, -0.2) is 47.7 Å². The van der Waals surface area contributed by atoms with Gasteiger partial charge in [0.05, 0.1) is 19.3 Å². The van der Waals surface area contributed by atoms with Crippen molar-refractivity contribution >= 4 is 5.78 Å². The van der Waals surface area contributed by atoms with E-state index in [0.717, 1.165) is 37.9 Å². The maximum absolute atomic E-state index is 13.9. The molecule has 30 heavy (non-hydrogen) atoms. The second-order valence-electron chi connectivity index (χ2n) is 8.49. The first-order valence-corrected chi connectivity index (χ1v) is 10.6. The van der Waals surface area contributed by atoms with Crippen LogP contribution in [0.4, 0.5) is 0 Å². The molecular formula is C23H24N2O5. The molecule has 0 radical (unpaired) electrons. The Labute approximate surface area is 174 Å². The third-order valence-corrected chi connectivity index (χ3v) is 6.92. The van der Waals surface area contributed by atoms with E-state index < -0.39 is 5.60 Å². The van der Waals surface area contributed by atoms with Crippen molar-refractivity contribution in [1.29, 1.82) is 0 Å². The van der Waals surface area contributed by atoms with Crippen molar-refractivity contribution in [3.05, 3.63) is 59.1 Å². The van der Waals surface area contributed by atoms with Gasteiger partial charge in [0.2, 0.25) is 5.78 Å². The van der Waals surface area contributed by atoms with Gasteiger partial charge in [-0.3, -0.25) is 9.69 Å². The molecular weight excluding hydrogens is 384 g/mol. The number of nitrogens with zero attached hydrogens (tertiary/aromatic N) is 2. The van der Waals surface area contributed by atoms with Crippen molar-refractivity contribution in [3.63, 3.8) is 0 Å². The lowest BCUT2D eigenvalue weighted by atomic mass is 9.67. The Balaban J connectivity index is 1.43. The molecule has 2 aromatic rings. The van der Waals surface area contributed by atoms with E-state index in [4.69, 9.17) is 18.7 Å². The van der Waals surface area contributed by atoms with Gasteiger partial charge in [-0.05, 0) is 49.1 Å². The molecule has 7 heteroatoms. The molecule has 0 saturated carbocycles. The van der Waals surface area contributed by atoms with E-state index in [1.807, 2.05) is 36.4 Å². The fourth-order valence-corrected chi connectivity index (χ4v) is 5.66. The van der Waals surface area contributed by atoms with Gasteiger partial charge in [0.15, 0.2) is 11.4 Å². The van der Waals surface area contributed by atoms with Crippen LogP contribution in [0.3, 0.4) is 0 Å². The summed E-state index contributed by atoms with van der Waals surface area (Å²) in [4.78, 5) is 16.3. The first-order chi connectivity index (χ1) is 14.7. The first kappa shape index (κ1) is 18.2. The molecule has 4 atom stereocenters. The Morgan fingerprint density at radius 2 is 2.03 bits per heavy atom. The van der Waals surface area contributed by atoms with Gasteiger partial charge in [0, 0.05) is 5.92 Å². The van der Waals surface area contributed by atoms with Crippen molar-refractivity contribution in [2.45, 2.75) is 43.6 Å². The number of ether oxygens (including phenoxy) is 3. The summed E-state index contributed by atoms with van der Waals surface area (Å²) >= 11 is 0. The summed E-state index contributed by atoms with van der Waals surface area (Å²) in [5, 5.41) is 4.18. The molecule has 1 aromatic heterocycles. The SMILES string of the molecule is COC1=C[C@H]2CC3[C@H](N4CCCC4)c4onc(OCc5ccccc5)c4C(=O)[C@@]13O2. The van der Waals surface area contributed by atoms with E-state index in [0.29, 0.717) is 23.7 Å². The monoisotopic (exact) mass is 408 g/mol. The second-order valence-corrected chi connectivity index (χ2v) is 8.49. The number of benzene rings is 1. The molecule has 7 nitrogen and oxygen atoms in total. The highest BCUT2D eigenvalue weighted by Gasteiger charge is 2.69. The molecule has 1 spiro atoms. The number of fused-ring (bicyclic) bond motifs is 2. The van der Waals surface area contributed by atoms with Gasteiger partial charge in [-0.25, -0.2) is 0 Å². The highest BCUT2D eigenvalue weighted by atomic mass is 16.6. The number of hydrogen-bond acceptors (Lipinski definition) is 7. The predicted octanol–water partition coefficient (Wildman–Crippen LogP) is 3.27. The molecule has 4 aliphatic rings. The Bertz CT molecular complexity index is 1010. The lowest BCUT2D eigenvalue weighted by Gasteiger charge is -2.43. The molecule has 2 bridgehead atoms. The summed E-state index contributed by atoms with van der Waals surface area (Å²) < 4.78 is 23.7. The maximum atomic E-state index is 13.9. The van der Waals surface area contributed by atoms with Crippen LogP contribution in [0.25, 0.3) is 0 Å². The van der Waals surface area contributed by atoms with Crippen LogP contribution in [-0.2, 0) is 16.1 Å². The van der Waals surface area contributed by atoms with Crippen LogP contribution >= 0.6 is 0 Å². The van der Waals surface area contributed by atoms with Gasteiger partial charge in [-0.15, -0.1) is 0 Å². The molecule has 6 rings (SSSR count). The quantitative estimate of drug-likeness (QED) is 0.752. The predicted molar refractivity (Wildman–Crippen MR) is 106 cm³/mol. The van der Waals surface area contributed by atoms with Crippen LogP contribution in [0.2, 0.25) is 0 Å². The van der Waals surface area contributed by atoms with Gasteiger partial charge in [0.1, 0.15) is 17.9 Å². The van der Waals surface area contributed by atoms with Gasteiger partial charge < -0.3 is 18.7 Å². The van der Waals surface area contributed by atoms with E-state index in [-0.39, 0.29) is 29.7 Å². The number of Topliss-reactive ketones (excluding diaryl/α,β-unsaturated/α-hetero) is 1. The van der Waals surface area contributed by atoms with Gasteiger partial charge in [0.25, 0.3) is 5.88 Å². The molecule has 0 N–H and O–H groups in total. The largest absolute Gasteiger partial charge is 0.498 e. The van der Waals surface area contributed by atoms with Crippen LogP contribution < -0.4 is 4.74 Å². The zero-order valence-corrected chi connectivity index (χ0v) is 16.9. The lowest BCUT2D eigenvalue weighted by molar-refractivity contribution is -0.0339. The summed E-state index contributed by atoms with van der Waals surface area (Å²) in [5.41, 5.74) is 0.306. The number of hydrogen-bond donors (Lipinski definition) is 0. The number of aromatic nitrogens is 1. The Morgan fingerprint density at radius 3 is 2.80 bits per heavy atom. The van der Waals surface area contributed by atoms with E-state index >= 15 is 0 Å². The van der Waals surface area contributed by atoms with Crippen LogP contribution in [0, 0.1) is 5.92 Å². The molecule has 1 unspecified atom stereocenters. The molecule has 1 aliphatic carbocycles. The Hall–Kier alpha value is -2.64. The maximum Gasteiger partial charge on any atom is 0.265 e. The molecule has 0 amide bonds. The van der Waals surface area contributed by atoms with Crippen LogP contribution in [0.5, 0.6) is 5.88 Å². The van der Waals surface area contributed by atoms with E-state index in [1.165, 1.54) is 0 Å². The minimum atomic E-state index is -1.10. The third-order valence-electron chi connectivity index (χ3n) is 6.92. The molecule has 1 aromatic carbocycles. The van der Waals surface area contributed by atoms with Gasteiger partial charge in [-0.2, -0.15) is 0 Å². The standard InChI is InChI=1S/C23H24N2O5/c1-27-17-12-15-11-16-19(25-9-5-6-10-25)20-18(21(26)23(16,17)29-15)22(24-30-20)28-13-14-7-3-2-4-8-14/h2-4,7-8,12,15-16,19H,5-6,9-11,13H2,1H3/t15-,16?,19+,23+/m1/s1. The summed E-state index contributed by atoms with van der Waals surface area (Å²) in [6.45, 7) is 2.26. The zero-order chi connectivity index (χ0) is 20.3. The van der Waals surface area contributed by atoms with Crippen molar-refractivity contribution in [2.24, 2.45) is 5.92 Å².